The van der Waals surface area contributed by atoms with Gasteiger partial charge < -0.3 is 14.6 Å². The Kier molecular flexibility index (Phi) is 8.31. The summed E-state index contributed by atoms with van der Waals surface area (Å²) in [5, 5.41) is 19.1. The molecule has 8 nitrogen and oxygen atoms in total. The average molecular weight is 484 g/mol. The Morgan fingerprint density at radius 1 is 1.09 bits per heavy atom. The number of carboxylic acid groups (broad SMARTS) is 1. The minimum absolute atomic E-state index is 0.00628. The molecule has 8 atom stereocenters. The number of carboxylic acids is 1. The molecule has 1 amide bonds. The number of nitrogens with zero attached hydrogens (tertiary/aromatic N) is 2. The third kappa shape index (κ3) is 5.55. The van der Waals surface area contributed by atoms with Crippen LogP contribution in [0.2, 0.25) is 0 Å². The third-order valence-corrected chi connectivity index (χ3v) is 8.76. The summed E-state index contributed by atoms with van der Waals surface area (Å²) in [5.41, 5.74) is 0.810. The molecule has 0 radical (unpaired) electrons. The lowest BCUT2D eigenvalue weighted by Gasteiger charge is -2.45. The van der Waals surface area contributed by atoms with Crippen LogP contribution in [0.25, 0.3) is 0 Å². The highest BCUT2D eigenvalue weighted by molar-refractivity contribution is 6.20. The third-order valence-electron chi connectivity index (χ3n) is 8.31. The molecule has 4 aliphatic rings. The second kappa shape index (κ2) is 11.0. The second-order valence-electron chi connectivity index (χ2n) is 10.2. The van der Waals surface area contributed by atoms with Gasteiger partial charge in [-0.3, -0.25) is 14.9 Å². The highest BCUT2D eigenvalue weighted by Gasteiger charge is 2.47. The van der Waals surface area contributed by atoms with Crippen molar-refractivity contribution >= 4 is 29.2 Å². The number of rotatable bonds is 7. The minimum Gasteiger partial charge on any atom is -0.481 e. The highest BCUT2D eigenvalue weighted by Crippen LogP contribution is 2.42. The van der Waals surface area contributed by atoms with Crippen LogP contribution >= 0.6 is 11.6 Å². The lowest BCUT2D eigenvalue weighted by atomic mass is 9.72. The standard InChI is InChI=1S/C24H38ClN3O5/c1-32-20-8-7-15(12-21(20)33-2)18-13-19(28(27-18)22(29)9-10-23(30)31)16-11-14-5-3-4-6-17(14)26-24(16)25/h14-17,19-21,24,26H,3-13H2,1-2H3,(H,30,31). The maximum Gasteiger partial charge on any atom is 0.303 e. The molecule has 8 unspecified atom stereocenters. The topological polar surface area (TPSA) is 100 Å². The highest BCUT2D eigenvalue weighted by atomic mass is 35.5. The molecule has 186 valence electrons. The molecular formula is C24H38ClN3O5. The normalized spacial score (nSPS) is 39.1. The van der Waals surface area contributed by atoms with Crippen LogP contribution in [0.5, 0.6) is 0 Å². The van der Waals surface area contributed by atoms with E-state index in [0.717, 1.165) is 37.8 Å². The lowest BCUT2D eigenvalue weighted by molar-refractivity contribution is -0.142. The summed E-state index contributed by atoms with van der Waals surface area (Å²) in [6.07, 6.45) is 9.04. The Morgan fingerprint density at radius 3 is 2.58 bits per heavy atom. The second-order valence-corrected chi connectivity index (χ2v) is 10.6. The summed E-state index contributed by atoms with van der Waals surface area (Å²) in [5.74, 6) is -0.290. The molecule has 33 heavy (non-hydrogen) atoms. The summed E-state index contributed by atoms with van der Waals surface area (Å²) in [4.78, 5) is 24.2. The predicted octanol–water partition coefficient (Wildman–Crippen LogP) is 3.37. The smallest absolute Gasteiger partial charge is 0.303 e. The van der Waals surface area contributed by atoms with Crippen molar-refractivity contribution in [3.63, 3.8) is 0 Å². The van der Waals surface area contributed by atoms with Crippen LogP contribution in [0.15, 0.2) is 5.10 Å². The van der Waals surface area contributed by atoms with Crippen molar-refractivity contribution < 1.29 is 24.2 Å². The van der Waals surface area contributed by atoms with Gasteiger partial charge in [0.05, 0.1) is 30.2 Å². The molecule has 0 aromatic carbocycles. The number of piperidine rings is 1. The van der Waals surface area contributed by atoms with Crippen LogP contribution in [-0.4, -0.2) is 71.7 Å². The number of methoxy groups -OCH3 is 2. The van der Waals surface area contributed by atoms with E-state index in [1.807, 2.05) is 0 Å². The number of aliphatic carboxylic acids is 1. The summed E-state index contributed by atoms with van der Waals surface area (Å²) < 4.78 is 11.3. The molecule has 3 fully saturated rings. The first-order chi connectivity index (χ1) is 15.9. The molecule has 0 aromatic heterocycles. The van der Waals surface area contributed by atoms with Gasteiger partial charge in [-0.1, -0.05) is 12.8 Å². The van der Waals surface area contributed by atoms with Gasteiger partial charge in [-0.25, -0.2) is 5.01 Å². The van der Waals surface area contributed by atoms with E-state index in [9.17, 15) is 9.59 Å². The van der Waals surface area contributed by atoms with Crippen molar-refractivity contribution in [2.24, 2.45) is 22.9 Å². The van der Waals surface area contributed by atoms with Crippen molar-refractivity contribution in [3.8, 4) is 0 Å². The molecule has 2 heterocycles. The van der Waals surface area contributed by atoms with Crippen molar-refractivity contribution in [3.05, 3.63) is 0 Å². The molecule has 0 bridgehead atoms. The predicted molar refractivity (Wildman–Crippen MR) is 125 cm³/mol. The molecule has 0 spiro atoms. The number of ether oxygens (including phenoxy) is 2. The van der Waals surface area contributed by atoms with Crippen LogP contribution in [0.4, 0.5) is 0 Å². The largest absolute Gasteiger partial charge is 0.481 e. The van der Waals surface area contributed by atoms with Gasteiger partial charge in [-0.15, -0.1) is 11.6 Å². The average Bonchev–Trinajstić information content (AvgIpc) is 3.26. The molecule has 2 aliphatic heterocycles. The fourth-order valence-corrected chi connectivity index (χ4v) is 6.92. The van der Waals surface area contributed by atoms with Gasteiger partial charge in [-0.2, -0.15) is 5.10 Å². The number of carbonyl (C=O) groups excluding carboxylic acids is 1. The van der Waals surface area contributed by atoms with Crippen molar-refractivity contribution in [2.45, 2.75) is 100 Å². The Labute approximate surface area is 201 Å². The fraction of sp³-hybridized carbons (Fsp3) is 0.875. The van der Waals surface area contributed by atoms with E-state index in [2.05, 4.69) is 5.32 Å². The maximum atomic E-state index is 13.1. The maximum absolute atomic E-state index is 13.1. The monoisotopic (exact) mass is 483 g/mol. The number of halogens is 1. The summed E-state index contributed by atoms with van der Waals surface area (Å²) >= 11 is 6.87. The van der Waals surface area contributed by atoms with Gasteiger partial charge in [0.15, 0.2) is 0 Å². The van der Waals surface area contributed by atoms with Crippen LogP contribution in [-0.2, 0) is 19.1 Å². The van der Waals surface area contributed by atoms with E-state index in [-0.39, 0.29) is 54.3 Å². The fourth-order valence-electron chi connectivity index (χ4n) is 6.48. The number of carbonyl (C=O) groups is 2. The number of alkyl halides is 1. The van der Waals surface area contributed by atoms with Crippen LogP contribution in [0.3, 0.4) is 0 Å². The van der Waals surface area contributed by atoms with Gasteiger partial charge in [0, 0.05) is 50.7 Å². The first kappa shape index (κ1) is 24.9. The van der Waals surface area contributed by atoms with Crippen LogP contribution in [0.1, 0.15) is 70.6 Å². The van der Waals surface area contributed by atoms with E-state index in [4.69, 9.17) is 31.3 Å². The van der Waals surface area contributed by atoms with E-state index in [1.165, 1.54) is 19.3 Å². The van der Waals surface area contributed by atoms with Gasteiger partial charge in [0.25, 0.3) is 0 Å². The van der Waals surface area contributed by atoms with Crippen molar-refractivity contribution in [2.75, 3.05) is 14.2 Å². The molecule has 2 saturated carbocycles. The first-order valence-corrected chi connectivity index (χ1v) is 12.9. The summed E-state index contributed by atoms with van der Waals surface area (Å²) in [6.45, 7) is 0. The molecule has 4 rings (SSSR count). The Morgan fingerprint density at radius 2 is 1.85 bits per heavy atom. The molecule has 9 heteroatoms. The number of hydrazone groups is 1. The van der Waals surface area contributed by atoms with Gasteiger partial charge in [0.1, 0.15) is 0 Å². The Hall–Kier alpha value is -1.22. The summed E-state index contributed by atoms with van der Waals surface area (Å²) in [6, 6.07) is 0.336. The lowest BCUT2D eigenvalue weighted by Crippen LogP contribution is -2.56. The number of nitrogens with one attached hydrogen (secondary N) is 1. The van der Waals surface area contributed by atoms with E-state index < -0.39 is 5.97 Å². The van der Waals surface area contributed by atoms with E-state index in [1.54, 1.807) is 19.2 Å². The van der Waals surface area contributed by atoms with Crippen LogP contribution in [0, 0.1) is 17.8 Å². The van der Waals surface area contributed by atoms with Crippen LogP contribution < -0.4 is 5.32 Å². The molecule has 2 aliphatic carbocycles. The zero-order valence-electron chi connectivity index (χ0n) is 19.7. The van der Waals surface area contributed by atoms with Gasteiger partial charge in [0.2, 0.25) is 5.91 Å². The first-order valence-electron chi connectivity index (χ1n) is 12.5. The Balaban J connectivity index is 1.52. The SMILES string of the molecule is COC1CCC(C2=NN(C(=O)CCC(=O)O)C(C3CC4CCCCC4NC3Cl)C2)CC1OC. The number of amides is 1. The zero-order chi connectivity index (χ0) is 23.5. The molecule has 0 aromatic rings. The van der Waals surface area contributed by atoms with Gasteiger partial charge in [-0.05, 0) is 44.4 Å². The van der Waals surface area contributed by atoms with E-state index >= 15 is 0 Å². The molecular weight excluding hydrogens is 446 g/mol. The summed E-state index contributed by atoms with van der Waals surface area (Å²) in [7, 11) is 3.44. The number of hydrogen-bond donors (Lipinski definition) is 2. The van der Waals surface area contributed by atoms with Crippen molar-refractivity contribution in [1.82, 2.24) is 10.3 Å². The van der Waals surface area contributed by atoms with Gasteiger partial charge >= 0.3 is 5.97 Å². The molecule has 1 saturated heterocycles. The minimum atomic E-state index is -0.969. The Bertz CT molecular complexity index is 750. The molecule has 2 N–H and O–H groups in total. The van der Waals surface area contributed by atoms with Crippen molar-refractivity contribution in [1.29, 1.82) is 0 Å². The quantitative estimate of drug-likeness (QED) is 0.425. The van der Waals surface area contributed by atoms with E-state index in [0.29, 0.717) is 18.4 Å². The number of hydrogen-bond acceptors (Lipinski definition) is 6. The number of fused-ring (bicyclic) bond motifs is 1. The zero-order valence-corrected chi connectivity index (χ0v) is 20.5.